The van der Waals surface area contributed by atoms with Crippen molar-refractivity contribution in [3.8, 4) is 0 Å². The van der Waals surface area contributed by atoms with Gasteiger partial charge in [-0.15, -0.1) is 0 Å². The van der Waals surface area contributed by atoms with Gasteiger partial charge in [0.25, 0.3) is 11.8 Å². The Hall–Kier alpha value is -1.60. The highest BCUT2D eigenvalue weighted by Crippen LogP contribution is 2.20. The number of carbonyl (C=O) groups excluding carboxylic acids is 3. The highest BCUT2D eigenvalue weighted by molar-refractivity contribution is 9.10. The molecule has 0 saturated carbocycles. The predicted octanol–water partition coefficient (Wildman–Crippen LogP) is 1.81. The van der Waals surface area contributed by atoms with Crippen molar-refractivity contribution in [1.82, 2.24) is 10.2 Å². The maximum absolute atomic E-state index is 11.9. The largest absolute Gasteiger partial charge is 0.439 e. The molecule has 1 aromatic carbocycles. The van der Waals surface area contributed by atoms with E-state index in [1.165, 1.54) is 0 Å². The molecule has 1 aliphatic rings. The summed E-state index contributed by atoms with van der Waals surface area (Å²) in [5.74, 6) is -0.791. The first kappa shape index (κ1) is 14.8. The molecule has 8 heteroatoms. The zero-order valence-electron chi connectivity index (χ0n) is 10.2. The number of carbonyl (C=O) groups is 3. The monoisotopic (exact) mass is 360 g/mol. The van der Waals surface area contributed by atoms with E-state index in [-0.39, 0.29) is 25.6 Å². The summed E-state index contributed by atoms with van der Waals surface area (Å²) in [5.41, 5.74) is 0.316. The molecule has 6 nitrogen and oxygen atoms in total. The van der Waals surface area contributed by atoms with Gasteiger partial charge in [-0.1, -0.05) is 27.5 Å². The smallest absolute Gasteiger partial charge is 0.417 e. The standard InChI is InChI=1S/C12H10BrClN2O4/c13-7-1-2-9(14)8(5-7)11(18)15-3-4-16-10(17)6-20-12(16)19/h1-2,5H,3-4,6H2,(H,15,18). The van der Waals surface area contributed by atoms with Gasteiger partial charge >= 0.3 is 6.09 Å². The van der Waals surface area contributed by atoms with Crippen LogP contribution in [0.1, 0.15) is 10.4 Å². The van der Waals surface area contributed by atoms with Crippen LogP contribution >= 0.6 is 27.5 Å². The molecule has 3 amide bonds. The zero-order valence-corrected chi connectivity index (χ0v) is 12.5. The number of cyclic esters (lactones) is 1. The van der Waals surface area contributed by atoms with Gasteiger partial charge in [-0.25, -0.2) is 9.69 Å². The number of rotatable bonds is 4. The molecule has 1 heterocycles. The van der Waals surface area contributed by atoms with Crippen LogP contribution in [0.4, 0.5) is 4.79 Å². The Morgan fingerprint density at radius 3 is 2.85 bits per heavy atom. The topological polar surface area (TPSA) is 75.7 Å². The Bertz CT molecular complexity index is 563. The van der Waals surface area contributed by atoms with Gasteiger partial charge in [0.1, 0.15) is 0 Å². The lowest BCUT2D eigenvalue weighted by atomic mass is 10.2. The summed E-state index contributed by atoms with van der Waals surface area (Å²) < 4.78 is 5.28. The van der Waals surface area contributed by atoms with Crippen molar-refractivity contribution in [2.75, 3.05) is 19.7 Å². The molecule has 106 valence electrons. The molecule has 1 aliphatic heterocycles. The van der Waals surface area contributed by atoms with E-state index in [1.807, 2.05) is 0 Å². The van der Waals surface area contributed by atoms with Crippen LogP contribution in [-0.4, -0.2) is 42.5 Å². The van der Waals surface area contributed by atoms with Crippen molar-refractivity contribution in [3.63, 3.8) is 0 Å². The highest BCUT2D eigenvalue weighted by atomic mass is 79.9. The SMILES string of the molecule is O=C(NCCN1C(=O)COC1=O)c1cc(Br)ccc1Cl. The van der Waals surface area contributed by atoms with Crippen molar-refractivity contribution in [2.24, 2.45) is 0 Å². The van der Waals surface area contributed by atoms with Crippen LogP contribution in [0.3, 0.4) is 0 Å². The third-order valence-corrected chi connectivity index (χ3v) is 3.46. The quantitative estimate of drug-likeness (QED) is 0.887. The van der Waals surface area contributed by atoms with E-state index in [0.717, 1.165) is 9.37 Å². The normalized spacial score (nSPS) is 14.4. The van der Waals surface area contributed by atoms with Crippen LogP contribution in [0.25, 0.3) is 0 Å². The van der Waals surface area contributed by atoms with Crippen LogP contribution in [0.15, 0.2) is 22.7 Å². The van der Waals surface area contributed by atoms with Crippen molar-refractivity contribution in [2.45, 2.75) is 0 Å². The molecule has 0 radical (unpaired) electrons. The highest BCUT2D eigenvalue weighted by Gasteiger charge is 2.30. The molecule has 20 heavy (non-hydrogen) atoms. The van der Waals surface area contributed by atoms with Crippen molar-refractivity contribution in [3.05, 3.63) is 33.3 Å². The van der Waals surface area contributed by atoms with Crippen LogP contribution in [0, 0.1) is 0 Å². The Kier molecular flexibility index (Phi) is 4.61. The number of imide groups is 1. The minimum Gasteiger partial charge on any atom is -0.439 e. The lowest BCUT2D eigenvalue weighted by Crippen LogP contribution is -2.37. The van der Waals surface area contributed by atoms with E-state index in [2.05, 4.69) is 26.0 Å². The number of amides is 3. The van der Waals surface area contributed by atoms with Gasteiger partial charge < -0.3 is 10.1 Å². The van der Waals surface area contributed by atoms with Gasteiger partial charge in [-0.3, -0.25) is 9.59 Å². The summed E-state index contributed by atoms with van der Waals surface area (Å²) in [6.07, 6.45) is -0.690. The molecular weight excluding hydrogens is 351 g/mol. The Balaban J connectivity index is 1.91. The molecule has 2 rings (SSSR count). The van der Waals surface area contributed by atoms with Gasteiger partial charge in [-0.05, 0) is 18.2 Å². The minimum atomic E-state index is -0.690. The van der Waals surface area contributed by atoms with Gasteiger partial charge in [-0.2, -0.15) is 0 Å². The third-order valence-electron chi connectivity index (χ3n) is 2.63. The second kappa shape index (κ2) is 6.23. The average molecular weight is 362 g/mol. The van der Waals surface area contributed by atoms with Crippen LogP contribution in [0.5, 0.6) is 0 Å². The van der Waals surface area contributed by atoms with E-state index in [0.29, 0.717) is 10.6 Å². The van der Waals surface area contributed by atoms with Gasteiger partial charge in [0.15, 0.2) is 6.61 Å². The number of nitrogens with zero attached hydrogens (tertiary/aromatic N) is 1. The number of ether oxygens (including phenoxy) is 1. The molecular formula is C12H10BrClN2O4. The van der Waals surface area contributed by atoms with Gasteiger partial charge in [0.2, 0.25) is 0 Å². The fourth-order valence-electron chi connectivity index (χ4n) is 1.65. The van der Waals surface area contributed by atoms with E-state index in [4.69, 9.17) is 11.6 Å². The maximum atomic E-state index is 11.9. The van der Waals surface area contributed by atoms with Gasteiger partial charge in [0, 0.05) is 17.6 Å². The first-order chi connectivity index (χ1) is 9.49. The molecule has 0 atom stereocenters. The first-order valence-corrected chi connectivity index (χ1v) is 6.86. The first-order valence-electron chi connectivity index (χ1n) is 5.69. The fraction of sp³-hybridized carbons (Fsp3) is 0.250. The summed E-state index contributed by atoms with van der Waals surface area (Å²) >= 11 is 9.17. The van der Waals surface area contributed by atoms with Crippen molar-refractivity contribution in [1.29, 1.82) is 0 Å². The number of hydrogen-bond acceptors (Lipinski definition) is 4. The van der Waals surface area contributed by atoms with E-state index >= 15 is 0 Å². The molecule has 1 saturated heterocycles. The summed E-state index contributed by atoms with van der Waals surface area (Å²) in [5, 5.41) is 2.91. The predicted molar refractivity (Wildman–Crippen MR) is 74.5 cm³/mol. The van der Waals surface area contributed by atoms with Crippen LogP contribution in [0.2, 0.25) is 5.02 Å². The lowest BCUT2D eigenvalue weighted by molar-refractivity contribution is -0.125. The maximum Gasteiger partial charge on any atom is 0.417 e. The van der Waals surface area contributed by atoms with E-state index in [9.17, 15) is 14.4 Å². The third kappa shape index (κ3) is 3.29. The molecule has 0 bridgehead atoms. The van der Waals surface area contributed by atoms with Gasteiger partial charge in [0.05, 0.1) is 10.6 Å². The molecule has 0 spiro atoms. The number of benzene rings is 1. The van der Waals surface area contributed by atoms with Crippen molar-refractivity contribution < 1.29 is 19.1 Å². The van der Waals surface area contributed by atoms with E-state index in [1.54, 1.807) is 18.2 Å². The second-order valence-electron chi connectivity index (χ2n) is 3.98. The fourth-order valence-corrected chi connectivity index (χ4v) is 2.21. The lowest BCUT2D eigenvalue weighted by Gasteiger charge is -2.12. The Morgan fingerprint density at radius 1 is 1.45 bits per heavy atom. The summed E-state index contributed by atoms with van der Waals surface area (Å²) in [6.45, 7) is -0.0538. The molecule has 0 aromatic heterocycles. The average Bonchev–Trinajstić information content (AvgIpc) is 2.73. The molecule has 0 unspecified atom stereocenters. The molecule has 1 aromatic rings. The van der Waals surface area contributed by atoms with Crippen LogP contribution < -0.4 is 5.32 Å². The number of hydrogen-bond donors (Lipinski definition) is 1. The number of nitrogens with one attached hydrogen (secondary N) is 1. The summed E-state index contributed by atoms with van der Waals surface area (Å²) in [4.78, 5) is 35.3. The molecule has 0 aliphatic carbocycles. The minimum absolute atomic E-state index is 0.0645. The Morgan fingerprint density at radius 2 is 2.20 bits per heavy atom. The zero-order chi connectivity index (χ0) is 14.7. The second-order valence-corrected chi connectivity index (χ2v) is 5.30. The number of halogens is 2. The molecule has 1 N–H and O–H groups in total. The Labute approximate surface area is 128 Å². The summed E-state index contributed by atoms with van der Waals surface area (Å²) in [6, 6.07) is 4.91. The van der Waals surface area contributed by atoms with E-state index < -0.39 is 12.0 Å². The van der Waals surface area contributed by atoms with Crippen molar-refractivity contribution >= 4 is 45.4 Å². The summed E-state index contributed by atoms with van der Waals surface area (Å²) in [7, 11) is 0. The molecule has 1 fully saturated rings. The van der Waals surface area contributed by atoms with Crippen LogP contribution in [-0.2, 0) is 9.53 Å².